The topological polar surface area (TPSA) is 110 Å². The van der Waals surface area contributed by atoms with E-state index >= 15 is 0 Å². The summed E-state index contributed by atoms with van der Waals surface area (Å²) in [5, 5.41) is 20.3. The second-order valence-electron chi connectivity index (χ2n) is 5.20. The van der Waals surface area contributed by atoms with Crippen LogP contribution in [0.2, 0.25) is 0 Å². The average Bonchev–Trinajstić information content (AvgIpc) is 2.54. The van der Waals surface area contributed by atoms with Gasteiger partial charge in [0, 0.05) is 38.3 Å². The van der Waals surface area contributed by atoms with Crippen molar-refractivity contribution in [2.24, 2.45) is 0 Å². The Bertz CT molecular complexity index is 579. The van der Waals surface area contributed by atoms with Crippen LogP contribution in [0.25, 0.3) is 0 Å². The fraction of sp³-hybridized carbons (Fsp3) is 0.400. The summed E-state index contributed by atoms with van der Waals surface area (Å²) in [5.41, 5.74) is 0.488. The first kappa shape index (κ1) is 16.6. The van der Waals surface area contributed by atoms with E-state index in [1.807, 2.05) is 0 Å². The minimum absolute atomic E-state index is 0.0841. The van der Waals surface area contributed by atoms with Crippen LogP contribution in [-0.4, -0.2) is 70.6 Å². The number of carbonyl (C=O) groups excluding carboxylic acids is 2. The first-order valence-corrected chi connectivity index (χ1v) is 7.30. The van der Waals surface area contributed by atoms with Gasteiger partial charge < -0.3 is 25.3 Å². The zero-order chi connectivity index (χ0) is 16.8. The molecule has 8 nitrogen and oxygen atoms in total. The highest BCUT2D eigenvalue weighted by Crippen LogP contribution is 2.13. The van der Waals surface area contributed by atoms with Gasteiger partial charge in [-0.25, -0.2) is 4.79 Å². The van der Waals surface area contributed by atoms with Crippen LogP contribution >= 0.6 is 0 Å². The Morgan fingerprint density at radius 1 is 1.00 bits per heavy atom. The lowest BCUT2D eigenvalue weighted by atomic mass is 10.1. The van der Waals surface area contributed by atoms with Crippen LogP contribution in [0.4, 0.5) is 4.79 Å². The van der Waals surface area contributed by atoms with Gasteiger partial charge in [0.05, 0.1) is 6.42 Å². The normalized spacial score (nSPS) is 14.4. The smallest absolute Gasteiger partial charge is 0.317 e. The number of carboxylic acid groups (broad SMARTS) is 1. The number of hydrogen-bond donors (Lipinski definition) is 3. The van der Waals surface area contributed by atoms with E-state index in [2.05, 4.69) is 5.32 Å². The van der Waals surface area contributed by atoms with Crippen LogP contribution in [0.1, 0.15) is 16.8 Å². The van der Waals surface area contributed by atoms with E-state index in [9.17, 15) is 19.5 Å². The molecule has 0 radical (unpaired) electrons. The number of rotatable bonds is 4. The number of carbonyl (C=O) groups is 3. The Morgan fingerprint density at radius 2 is 1.57 bits per heavy atom. The molecule has 0 bridgehead atoms. The van der Waals surface area contributed by atoms with Crippen LogP contribution < -0.4 is 5.32 Å². The summed E-state index contributed by atoms with van der Waals surface area (Å²) in [7, 11) is 0. The number of urea groups is 1. The van der Waals surface area contributed by atoms with Crippen molar-refractivity contribution < 1.29 is 24.6 Å². The van der Waals surface area contributed by atoms with E-state index in [0.717, 1.165) is 0 Å². The highest BCUT2D eigenvalue weighted by atomic mass is 16.4. The van der Waals surface area contributed by atoms with E-state index in [0.29, 0.717) is 31.7 Å². The molecule has 8 heteroatoms. The lowest BCUT2D eigenvalue weighted by Crippen LogP contribution is -2.53. The molecule has 0 aliphatic carbocycles. The predicted molar refractivity (Wildman–Crippen MR) is 81.2 cm³/mol. The van der Waals surface area contributed by atoms with E-state index in [4.69, 9.17) is 5.11 Å². The predicted octanol–water partition coefficient (Wildman–Crippen LogP) is 0.334. The molecule has 1 fully saturated rings. The number of phenols is 1. The molecule has 1 saturated heterocycles. The van der Waals surface area contributed by atoms with Gasteiger partial charge in [0.2, 0.25) is 0 Å². The van der Waals surface area contributed by atoms with Crippen LogP contribution in [0.15, 0.2) is 24.3 Å². The van der Waals surface area contributed by atoms with Crippen molar-refractivity contribution in [2.75, 3.05) is 32.7 Å². The van der Waals surface area contributed by atoms with Crippen molar-refractivity contribution in [3.63, 3.8) is 0 Å². The summed E-state index contributed by atoms with van der Waals surface area (Å²) < 4.78 is 0. The number of aromatic hydroxyl groups is 1. The van der Waals surface area contributed by atoms with E-state index < -0.39 is 5.97 Å². The molecule has 124 valence electrons. The van der Waals surface area contributed by atoms with E-state index in [1.54, 1.807) is 21.9 Å². The van der Waals surface area contributed by atoms with Gasteiger partial charge in [0.15, 0.2) is 0 Å². The Labute approximate surface area is 133 Å². The molecule has 1 aliphatic rings. The Kier molecular flexibility index (Phi) is 5.40. The Morgan fingerprint density at radius 3 is 2.13 bits per heavy atom. The molecule has 1 aromatic rings. The van der Waals surface area contributed by atoms with Gasteiger partial charge >= 0.3 is 12.0 Å². The summed E-state index contributed by atoms with van der Waals surface area (Å²) in [4.78, 5) is 37.8. The molecule has 1 aromatic carbocycles. The zero-order valence-corrected chi connectivity index (χ0v) is 12.6. The van der Waals surface area contributed by atoms with E-state index in [1.165, 1.54) is 12.1 Å². The average molecular weight is 321 g/mol. The fourth-order valence-corrected chi connectivity index (χ4v) is 2.29. The van der Waals surface area contributed by atoms with Crippen LogP contribution in [-0.2, 0) is 4.79 Å². The monoisotopic (exact) mass is 321 g/mol. The van der Waals surface area contributed by atoms with Crippen molar-refractivity contribution in [3.05, 3.63) is 29.8 Å². The molecule has 1 aliphatic heterocycles. The summed E-state index contributed by atoms with van der Waals surface area (Å²) in [6.07, 6.45) is -0.120. The maximum absolute atomic E-state index is 12.3. The molecule has 0 atom stereocenters. The van der Waals surface area contributed by atoms with Crippen molar-refractivity contribution in [1.82, 2.24) is 15.1 Å². The van der Waals surface area contributed by atoms with Gasteiger partial charge in [-0.05, 0) is 24.3 Å². The number of phenolic OH excluding ortho intramolecular Hbond substituents is 1. The minimum Gasteiger partial charge on any atom is -0.508 e. The number of piperazine rings is 1. The largest absolute Gasteiger partial charge is 0.508 e. The van der Waals surface area contributed by atoms with Crippen LogP contribution in [0.5, 0.6) is 5.75 Å². The highest BCUT2D eigenvalue weighted by molar-refractivity contribution is 5.94. The number of aliphatic carboxylic acids is 1. The number of nitrogens with zero attached hydrogens (tertiary/aromatic N) is 2. The van der Waals surface area contributed by atoms with E-state index in [-0.39, 0.29) is 30.7 Å². The maximum Gasteiger partial charge on any atom is 0.317 e. The Hall–Kier alpha value is -2.77. The lowest BCUT2D eigenvalue weighted by Gasteiger charge is -2.34. The quantitative estimate of drug-likeness (QED) is 0.740. The molecular formula is C15H19N3O5. The second kappa shape index (κ2) is 7.48. The molecule has 0 unspecified atom stereocenters. The summed E-state index contributed by atoms with van der Waals surface area (Å²) in [6.45, 7) is 1.68. The van der Waals surface area contributed by atoms with Gasteiger partial charge in [-0.1, -0.05) is 0 Å². The first-order valence-electron chi connectivity index (χ1n) is 7.30. The van der Waals surface area contributed by atoms with Crippen LogP contribution in [0, 0.1) is 0 Å². The molecule has 2 rings (SSSR count). The third kappa shape index (κ3) is 4.60. The van der Waals surface area contributed by atoms with Crippen molar-refractivity contribution >= 4 is 17.9 Å². The van der Waals surface area contributed by atoms with Crippen molar-refractivity contribution in [3.8, 4) is 5.75 Å². The van der Waals surface area contributed by atoms with Crippen LogP contribution in [0.3, 0.4) is 0 Å². The number of hydrogen-bond acceptors (Lipinski definition) is 4. The van der Waals surface area contributed by atoms with Crippen molar-refractivity contribution in [1.29, 1.82) is 0 Å². The number of amides is 3. The third-order valence-electron chi connectivity index (χ3n) is 3.58. The summed E-state index contributed by atoms with van der Waals surface area (Å²) >= 11 is 0. The standard InChI is InChI=1S/C15H19N3O5/c19-12-3-1-11(2-4-12)14(22)17-7-9-18(10-8-17)15(23)16-6-5-13(20)21/h1-4,19H,5-10H2,(H,16,23)(H,20,21). The van der Waals surface area contributed by atoms with Gasteiger partial charge in [-0.15, -0.1) is 0 Å². The SMILES string of the molecule is O=C(O)CCNC(=O)N1CCN(C(=O)c2ccc(O)cc2)CC1. The van der Waals surface area contributed by atoms with Gasteiger partial charge in [-0.3, -0.25) is 9.59 Å². The van der Waals surface area contributed by atoms with Gasteiger partial charge in [-0.2, -0.15) is 0 Å². The first-order chi connectivity index (χ1) is 11.0. The molecule has 3 amide bonds. The third-order valence-corrected chi connectivity index (χ3v) is 3.58. The molecule has 0 spiro atoms. The minimum atomic E-state index is -0.963. The lowest BCUT2D eigenvalue weighted by molar-refractivity contribution is -0.136. The number of carboxylic acids is 1. The highest BCUT2D eigenvalue weighted by Gasteiger charge is 2.24. The molecule has 0 aromatic heterocycles. The fourth-order valence-electron chi connectivity index (χ4n) is 2.29. The van der Waals surface area contributed by atoms with Gasteiger partial charge in [0.1, 0.15) is 5.75 Å². The van der Waals surface area contributed by atoms with Crippen molar-refractivity contribution in [2.45, 2.75) is 6.42 Å². The molecule has 1 heterocycles. The van der Waals surface area contributed by atoms with Gasteiger partial charge in [0.25, 0.3) is 5.91 Å². The summed E-state index contributed by atoms with van der Waals surface area (Å²) in [5.74, 6) is -1.00. The zero-order valence-electron chi connectivity index (χ0n) is 12.6. The molecule has 23 heavy (non-hydrogen) atoms. The summed E-state index contributed by atoms with van der Waals surface area (Å²) in [6, 6.07) is 5.72. The second-order valence-corrected chi connectivity index (χ2v) is 5.20. The molecule has 0 saturated carbocycles. The number of benzene rings is 1. The maximum atomic E-state index is 12.3. The number of nitrogens with one attached hydrogen (secondary N) is 1. The molecule has 3 N–H and O–H groups in total. The Balaban J connectivity index is 1.81. The molecular weight excluding hydrogens is 302 g/mol.